The van der Waals surface area contributed by atoms with Crippen molar-refractivity contribution >= 4 is 16.0 Å². The number of hydrogen-bond acceptors (Lipinski definition) is 5. The van der Waals surface area contributed by atoms with Gasteiger partial charge in [0.15, 0.2) is 0 Å². The number of nitrogens with one attached hydrogen (secondary N) is 1. The van der Waals surface area contributed by atoms with E-state index in [1.807, 2.05) is 0 Å². The number of ether oxygens (including phenoxy) is 1. The molecular weight excluding hydrogens is 332 g/mol. The molecule has 0 saturated heterocycles. The predicted molar refractivity (Wildman–Crippen MR) is 88.3 cm³/mol. The van der Waals surface area contributed by atoms with Gasteiger partial charge in [-0.25, -0.2) is 17.9 Å². The van der Waals surface area contributed by atoms with E-state index in [1.54, 1.807) is 51.4 Å². The third-order valence-corrected chi connectivity index (χ3v) is 5.50. The standard InChI is InChI=1S/C16H22N2O5S/c1-6-22-16(19)14-11(3)15(12(4)18(14)5)24(20,21)17-9-13-8-7-10(2)23-13/h7-8,17H,6,9H2,1-5H3. The summed E-state index contributed by atoms with van der Waals surface area (Å²) in [5.74, 6) is 0.692. The molecule has 132 valence electrons. The average Bonchev–Trinajstić information content (AvgIpc) is 3.00. The van der Waals surface area contributed by atoms with Crippen LogP contribution >= 0.6 is 0 Å². The summed E-state index contributed by atoms with van der Waals surface area (Å²) >= 11 is 0. The number of aromatic nitrogens is 1. The average molecular weight is 354 g/mol. The lowest BCUT2D eigenvalue weighted by molar-refractivity contribution is 0.0514. The molecule has 24 heavy (non-hydrogen) atoms. The molecule has 2 aromatic heterocycles. The van der Waals surface area contributed by atoms with Gasteiger partial charge < -0.3 is 13.7 Å². The Morgan fingerprint density at radius 3 is 2.50 bits per heavy atom. The first-order valence-electron chi connectivity index (χ1n) is 7.57. The van der Waals surface area contributed by atoms with Gasteiger partial charge in [-0.2, -0.15) is 0 Å². The topological polar surface area (TPSA) is 90.5 Å². The second-order valence-corrected chi connectivity index (χ2v) is 7.21. The SMILES string of the molecule is CCOC(=O)c1c(C)c(S(=O)(=O)NCc2ccc(C)o2)c(C)n1C. The van der Waals surface area contributed by atoms with Crippen LogP contribution in [-0.4, -0.2) is 25.6 Å². The number of aryl methyl sites for hydroxylation is 1. The Bertz CT molecular complexity index is 861. The first kappa shape index (κ1) is 18.3. The van der Waals surface area contributed by atoms with Crippen molar-refractivity contribution in [2.45, 2.75) is 39.1 Å². The minimum Gasteiger partial charge on any atom is -0.465 e. The summed E-state index contributed by atoms with van der Waals surface area (Å²) in [7, 11) is -2.16. The minimum atomic E-state index is -3.80. The number of furan rings is 1. The molecule has 0 fully saturated rings. The molecule has 0 bridgehead atoms. The summed E-state index contributed by atoms with van der Waals surface area (Å²) < 4.78 is 39.8. The van der Waals surface area contributed by atoms with Crippen molar-refractivity contribution in [3.05, 3.63) is 40.6 Å². The highest BCUT2D eigenvalue weighted by Crippen LogP contribution is 2.26. The summed E-state index contributed by atoms with van der Waals surface area (Å²) in [5, 5.41) is 0. The Hall–Kier alpha value is -2.06. The summed E-state index contributed by atoms with van der Waals surface area (Å²) in [6.07, 6.45) is 0. The van der Waals surface area contributed by atoms with Crippen LogP contribution in [0.25, 0.3) is 0 Å². The van der Waals surface area contributed by atoms with E-state index in [2.05, 4.69) is 4.72 Å². The Morgan fingerprint density at radius 1 is 1.29 bits per heavy atom. The molecule has 7 nitrogen and oxygen atoms in total. The monoisotopic (exact) mass is 354 g/mol. The highest BCUT2D eigenvalue weighted by atomic mass is 32.2. The van der Waals surface area contributed by atoms with Crippen LogP contribution < -0.4 is 4.72 Å². The van der Waals surface area contributed by atoms with Crippen LogP contribution in [-0.2, 0) is 28.4 Å². The lowest BCUT2D eigenvalue weighted by Crippen LogP contribution is -2.24. The number of rotatable bonds is 6. The Labute approximate surface area is 141 Å². The second kappa shape index (κ2) is 6.82. The van der Waals surface area contributed by atoms with Crippen molar-refractivity contribution in [2.75, 3.05) is 6.61 Å². The molecule has 0 spiro atoms. The Balaban J connectivity index is 2.36. The smallest absolute Gasteiger partial charge is 0.355 e. The highest BCUT2D eigenvalue weighted by Gasteiger charge is 2.29. The molecule has 8 heteroatoms. The van der Waals surface area contributed by atoms with Gasteiger partial charge in [0, 0.05) is 18.3 Å². The molecule has 0 aromatic carbocycles. The molecule has 0 radical (unpaired) electrons. The summed E-state index contributed by atoms with van der Waals surface area (Å²) in [6.45, 7) is 7.01. The minimum absolute atomic E-state index is 0.0404. The quantitative estimate of drug-likeness (QED) is 0.803. The molecule has 2 aromatic rings. The van der Waals surface area contributed by atoms with Gasteiger partial charge in [0.25, 0.3) is 0 Å². The van der Waals surface area contributed by atoms with Crippen molar-refractivity contribution < 1.29 is 22.4 Å². The molecule has 0 saturated carbocycles. The number of carbonyl (C=O) groups excluding carboxylic acids is 1. The van der Waals surface area contributed by atoms with Crippen LogP contribution in [0.4, 0.5) is 0 Å². The number of nitrogens with zero attached hydrogens (tertiary/aromatic N) is 1. The molecule has 0 amide bonds. The second-order valence-electron chi connectivity index (χ2n) is 5.50. The van der Waals surface area contributed by atoms with Crippen LogP contribution in [0.3, 0.4) is 0 Å². The third kappa shape index (κ3) is 3.39. The van der Waals surface area contributed by atoms with Gasteiger partial charge >= 0.3 is 5.97 Å². The zero-order chi connectivity index (χ0) is 18.1. The molecule has 0 aliphatic carbocycles. The van der Waals surface area contributed by atoms with Gasteiger partial charge in [-0.1, -0.05) is 0 Å². The molecule has 0 unspecified atom stereocenters. The highest BCUT2D eigenvalue weighted by molar-refractivity contribution is 7.89. The Morgan fingerprint density at radius 2 is 1.96 bits per heavy atom. The van der Waals surface area contributed by atoms with Crippen molar-refractivity contribution in [3.8, 4) is 0 Å². The van der Waals surface area contributed by atoms with Gasteiger partial charge in [0.2, 0.25) is 10.0 Å². The number of sulfonamides is 1. The van der Waals surface area contributed by atoms with Crippen molar-refractivity contribution in [2.24, 2.45) is 7.05 Å². The summed E-state index contributed by atoms with van der Waals surface area (Å²) in [5.41, 5.74) is 1.08. The van der Waals surface area contributed by atoms with Crippen molar-refractivity contribution in [3.63, 3.8) is 0 Å². The van der Waals surface area contributed by atoms with E-state index in [-0.39, 0.29) is 23.7 Å². The van der Waals surface area contributed by atoms with E-state index < -0.39 is 16.0 Å². The van der Waals surface area contributed by atoms with E-state index >= 15 is 0 Å². The fraction of sp³-hybridized carbons (Fsp3) is 0.438. The zero-order valence-corrected chi connectivity index (χ0v) is 15.3. The van der Waals surface area contributed by atoms with E-state index in [9.17, 15) is 13.2 Å². The maximum atomic E-state index is 12.7. The maximum absolute atomic E-state index is 12.7. The van der Waals surface area contributed by atoms with Gasteiger partial charge in [-0.3, -0.25) is 0 Å². The fourth-order valence-electron chi connectivity index (χ4n) is 2.65. The lowest BCUT2D eigenvalue weighted by Gasteiger charge is -2.06. The van der Waals surface area contributed by atoms with Crippen LogP contribution in [0.5, 0.6) is 0 Å². The van der Waals surface area contributed by atoms with Crippen LogP contribution in [0.1, 0.15) is 40.2 Å². The van der Waals surface area contributed by atoms with Crippen LogP contribution in [0, 0.1) is 20.8 Å². The summed E-state index contributed by atoms with van der Waals surface area (Å²) in [6, 6.07) is 3.48. The van der Waals surface area contributed by atoms with E-state index in [4.69, 9.17) is 9.15 Å². The van der Waals surface area contributed by atoms with E-state index in [1.165, 1.54) is 0 Å². The molecule has 0 atom stereocenters. The van der Waals surface area contributed by atoms with Crippen LogP contribution in [0.2, 0.25) is 0 Å². The number of carbonyl (C=O) groups is 1. The molecule has 1 N–H and O–H groups in total. The molecule has 0 aliphatic rings. The van der Waals surface area contributed by atoms with Crippen molar-refractivity contribution in [1.82, 2.24) is 9.29 Å². The molecular formula is C16H22N2O5S. The van der Waals surface area contributed by atoms with Gasteiger partial charge in [0.1, 0.15) is 22.1 Å². The maximum Gasteiger partial charge on any atom is 0.355 e. The van der Waals surface area contributed by atoms with Crippen LogP contribution in [0.15, 0.2) is 21.4 Å². The first-order valence-corrected chi connectivity index (χ1v) is 9.05. The predicted octanol–water partition coefficient (Wildman–Crippen LogP) is 2.20. The molecule has 0 aliphatic heterocycles. The fourth-order valence-corrected chi connectivity index (χ4v) is 4.16. The molecule has 2 rings (SSSR count). The molecule has 2 heterocycles. The first-order chi connectivity index (χ1) is 11.2. The van der Waals surface area contributed by atoms with Gasteiger partial charge in [-0.05, 0) is 39.8 Å². The zero-order valence-electron chi connectivity index (χ0n) is 14.5. The summed E-state index contributed by atoms with van der Waals surface area (Å²) in [4.78, 5) is 12.2. The van der Waals surface area contributed by atoms with Gasteiger partial charge in [0.05, 0.1) is 13.2 Å². The normalized spacial score (nSPS) is 11.7. The van der Waals surface area contributed by atoms with E-state index in [0.29, 0.717) is 22.8 Å². The third-order valence-electron chi connectivity index (χ3n) is 3.83. The van der Waals surface area contributed by atoms with E-state index in [0.717, 1.165) is 0 Å². The van der Waals surface area contributed by atoms with Crippen molar-refractivity contribution in [1.29, 1.82) is 0 Å². The Kier molecular flexibility index (Phi) is 5.19. The number of esters is 1. The lowest BCUT2D eigenvalue weighted by atomic mass is 10.2. The van der Waals surface area contributed by atoms with Gasteiger partial charge in [-0.15, -0.1) is 0 Å². The number of hydrogen-bond donors (Lipinski definition) is 1. The largest absolute Gasteiger partial charge is 0.465 e.